The van der Waals surface area contributed by atoms with E-state index in [4.69, 9.17) is 11.6 Å². The van der Waals surface area contributed by atoms with Crippen LogP contribution in [0.3, 0.4) is 0 Å². The zero-order chi connectivity index (χ0) is 16.1. The molecule has 1 atom stereocenters. The number of H-pyrrole nitrogens is 1. The van der Waals surface area contributed by atoms with Gasteiger partial charge in [-0.3, -0.25) is 9.78 Å². The van der Waals surface area contributed by atoms with E-state index >= 15 is 0 Å². The molecule has 3 aromatic rings. The Morgan fingerprint density at radius 3 is 2.74 bits per heavy atom. The first-order valence-corrected chi connectivity index (χ1v) is 8.79. The van der Waals surface area contributed by atoms with Gasteiger partial charge in [0, 0.05) is 9.90 Å². The highest BCUT2D eigenvalue weighted by Crippen LogP contribution is 2.35. The third-order valence-electron chi connectivity index (χ3n) is 4.44. The molecule has 1 aromatic carbocycles. The lowest BCUT2D eigenvalue weighted by atomic mass is 9.89. The molecule has 1 N–H and O–H groups in total. The van der Waals surface area contributed by atoms with Crippen molar-refractivity contribution in [3.63, 3.8) is 0 Å². The number of halogens is 1. The molecule has 0 spiro atoms. The number of hydrogen-bond acceptors (Lipinski definition) is 3. The molecule has 1 aliphatic carbocycles. The smallest absolute Gasteiger partial charge is 0.298 e. The van der Waals surface area contributed by atoms with Crippen LogP contribution in [0.1, 0.15) is 23.8 Å². The number of benzene rings is 1. The molecule has 23 heavy (non-hydrogen) atoms. The quantitative estimate of drug-likeness (QED) is 0.733. The summed E-state index contributed by atoms with van der Waals surface area (Å²) in [5, 5.41) is 1.24. The van der Waals surface area contributed by atoms with Crippen LogP contribution in [0.2, 0.25) is 5.02 Å². The van der Waals surface area contributed by atoms with Crippen LogP contribution >= 0.6 is 22.9 Å². The molecule has 6 heteroatoms. The number of nitrogens with zero attached hydrogens (tertiary/aromatic N) is 1. The van der Waals surface area contributed by atoms with Gasteiger partial charge in [0.2, 0.25) is 0 Å². The predicted octanol–water partition coefficient (Wildman–Crippen LogP) is 3.52. The lowest BCUT2D eigenvalue weighted by Gasteiger charge is -2.17. The second kappa shape index (κ2) is 5.35. The highest BCUT2D eigenvalue weighted by atomic mass is 35.5. The summed E-state index contributed by atoms with van der Waals surface area (Å²) in [6, 6.07) is 6.73. The summed E-state index contributed by atoms with van der Waals surface area (Å²) in [6.45, 7) is 2.22. The molecule has 0 radical (unpaired) electrons. The number of nitrogens with one attached hydrogen (secondary N) is 1. The molecule has 0 amide bonds. The standard InChI is InChI=1S/C17H15ClN2O2S/c1-9-2-7-12-13(8-9)23-15-14(12)16(21)20(17(22)19-15)11-5-3-10(18)4-6-11/h3-6,9H,2,7-8H2,1H3,(H,19,22)/t9-/m0/s1. The van der Waals surface area contributed by atoms with Crippen LogP contribution in [-0.4, -0.2) is 9.55 Å². The third kappa shape index (κ3) is 2.35. The molecule has 118 valence electrons. The fourth-order valence-corrected chi connectivity index (χ4v) is 4.77. The van der Waals surface area contributed by atoms with Crippen LogP contribution in [0.25, 0.3) is 15.9 Å². The number of fused-ring (bicyclic) bond motifs is 3. The van der Waals surface area contributed by atoms with Gasteiger partial charge < -0.3 is 0 Å². The third-order valence-corrected chi connectivity index (χ3v) is 5.86. The Balaban J connectivity index is 2.02. The zero-order valence-electron chi connectivity index (χ0n) is 12.6. The summed E-state index contributed by atoms with van der Waals surface area (Å²) in [5.74, 6) is 0.626. The van der Waals surface area contributed by atoms with Crippen molar-refractivity contribution in [2.45, 2.75) is 26.2 Å². The monoisotopic (exact) mass is 346 g/mol. The molecule has 0 unspecified atom stereocenters. The normalized spacial score (nSPS) is 17.4. The van der Waals surface area contributed by atoms with Gasteiger partial charge in [-0.2, -0.15) is 0 Å². The molecule has 4 nitrogen and oxygen atoms in total. The SMILES string of the molecule is C[C@H]1CCc2c(sc3[nH]c(=O)n(-c4ccc(Cl)cc4)c(=O)c23)C1. The Kier molecular flexibility index (Phi) is 3.43. The fraction of sp³-hybridized carbons (Fsp3) is 0.294. The number of thiophene rings is 1. The van der Waals surface area contributed by atoms with Crippen LogP contribution in [0.5, 0.6) is 0 Å². The molecular formula is C17H15ClN2O2S. The van der Waals surface area contributed by atoms with Crippen molar-refractivity contribution in [1.82, 2.24) is 9.55 Å². The first-order valence-electron chi connectivity index (χ1n) is 7.60. The molecule has 1 aliphatic rings. The fourth-order valence-electron chi connectivity index (χ4n) is 3.25. The van der Waals surface area contributed by atoms with Crippen LogP contribution in [-0.2, 0) is 12.8 Å². The van der Waals surface area contributed by atoms with Crippen molar-refractivity contribution in [3.8, 4) is 5.69 Å². The lowest BCUT2D eigenvalue weighted by Crippen LogP contribution is -2.33. The Hall–Kier alpha value is -1.85. The van der Waals surface area contributed by atoms with Gasteiger partial charge in [-0.15, -0.1) is 11.3 Å². The summed E-state index contributed by atoms with van der Waals surface area (Å²) >= 11 is 7.44. The van der Waals surface area contributed by atoms with Crippen LogP contribution in [0.4, 0.5) is 0 Å². The van der Waals surface area contributed by atoms with Crippen molar-refractivity contribution < 1.29 is 0 Å². The summed E-state index contributed by atoms with van der Waals surface area (Å²) in [7, 11) is 0. The summed E-state index contributed by atoms with van der Waals surface area (Å²) in [4.78, 5) is 30.2. The molecular weight excluding hydrogens is 332 g/mol. The van der Waals surface area contributed by atoms with Crippen molar-refractivity contribution in [3.05, 3.63) is 60.6 Å². The highest BCUT2D eigenvalue weighted by Gasteiger charge is 2.23. The molecule has 2 heterocycles. The first-order chi connectivity index (χ1) is 11.0. The average Bonchev–Trinajstić information content (AvgIpc) is 2.86. The van der Waals surface area contributed by atoms with E-state index in [1.165, 1.54) is 9.44 Å². The Morgan fingerprint density at radius 1 is 1.26 bits per heavy atom. The van der Waals surface area contributed by atoms with Gasteiger partial charge in [-0.25, -0.2) is 9.36 Å². The average molecular weight is 347 g/mol. The van der Waals surface area contributed by atoms with Crippen molar-refractivity contribution in [2.24, 2.45) is 5.92 Å². The molecule has 2 aromatic heterocycles. The van der Waals surface area contributed by atoms with E-state index in [-0.39, 0.29) is 5.56 Å². The summed E-state index contributed by atoms with van der Waals surface area (Å²) in [5.41, 5.74) is 1.01. The van der Waals surface area contributed by atoms with Crippen molar-refractivity contribution in [2.75, 3.05) is 0 Å². The van der Waals surface area contributed by atoms with Gasteiger partial charge in [0.15, 0.2) is 0 Å². The number of hydrogen-bond donors (Lipinski definition) is 1. The lowest BCUT2D eigenvalue weighted by molar-refractivity contribution is 0.509. The predicted molar refractivity (Wildman–Crippen MR) is 94.2 cm³/mol. The summed E-state index contributed by atoms with van der Waals surface area (Å²) < 4.78 is 1.20. The zero-order valence-corrected chi connectivity index (χ0v) is 14.1. The molecule has 4 rings (SSSR count). The van der Waals surface area contributed by atoms with E-state index in [2.05, 4.69) is 11.9 Å². The maximum atomic E-state index is 13.0. The van der Waals surface area contributed by atoms with Gasteiger partial charge in [0.05, 0.1) is 11.1 Å². The number of aryl methyl sites for hydroxylation is 1. The largest absolute Gasteiger partial charge is 0.334 e. The van der Waals surface area contributed by atoms with E-state index in [0.717, 1.165) is 24.8 Å². The van der Waals surface area contributed by atoms with Gasteiger partial charge in [-0.1, -0.05) is 18.5 Å². The van der Waals surface area contributed by atoms with Crippen molar-refractivity contribution in [1.29, 1.82) is 0 Å². The maximum Gasteiger partial charge on any atom is 0.334 e. The van der Waals surface area contributed by atoms with Gasteiger partial charge in [0.25, 0.3) is 5.56 Å². The van der Waals surface area contributed by atoms with Gasteiger partial charge in [0.1, 0.15) is 4.83 Å². The Bertz CT molecular complexity index is 1010. The second-order valence-electron chi connectivity index (χ2n) is 6.10. The Morgan fingerprint density at radius 2 is 2.00 bits per heavy atom. The van der Waals surface area contributed by atoms with Gasteiger partial charge >= 0.3 is 5.69 Å². The van der Waals surface area contributed by atoms with Crippen molar-refractivity contribution >= 4 is 33.2 Å². The van der Waals surface area contributed by atoms with E-state index < -0.39 is 5.69 Å². The minimum atomic E-state index is -0.406. The van der Waals surface area contributed by atoms with E-state index in [9.17, 15) is 9.59 Å². The van der Waals surface area contributed by atoms with Crippen LogP contribution in [0.15, 0.2) is 33.9 Å². The highest BCUT2D eigenvalue weighted by molar-refractivity contribution is 7.18. The molecule has 0 fully saturated rings. The molecule has 0 bridgehead atoms. The Labute approximate surface area is 141 Å². The van der Waals surface area contributed by atoms with E-state index in [0.29, 0.717) is 26.8 Å². The van der Waals surface area contributed by atoms with E-state index in [1.807, 2.05) is 0 Å². The molecule has 0 saturated heterocycles. The minimum absolute atomic E-state index is 0.238. The summed E-state index contributed by atoms with van der Waals surface area (Å²) in [6.07, 6.45) is 2.97. The van der Waals surface area contributed by atoms with Gasteiger partial charge in [-0.05, 0) is 55.0 Å². The topological polar surface area (TPSA) is 54.9 Å². The molecule has 0 aliphatic heterocycles. The van der Waals surface area contributed by atoms with Crippen LogP contribution in [0, 0.1) is 5.92 Å². The first kappa shape index (κ1) is 14.7. The number of rotatable bonds is 1. The number of aromatic amines is 1. The maximum absolute atomic E-state index is 13.0. The molecule has 0 saturated carbocycles. The second-order valence-corrected chi connectivity index (χ2v) is 7.64. The van der Waals surface area contributed by atoms with E-state index in [1.54, 1.807) is 35.6 Å². The minimum Gasteiger partial charge on any atom is -0.298 e. The number of aromatic nitrogens is 2. The van der Waals surface area contributed by atoms with Crippen LogP contribution < -0.4 is 11.2 Å².